The molecule has 2 N–H and O–H groups in total. The van der Waals surface area contributed by atoms with Gasteiger partial charge in [-0.05, 0) is 23.8 Å². The first-order valence-electron chi connectivity index (χ1n) is 7.11. The monoisotopic (exact) mass is 282 g/mol. The predicted octanol–water partition coefficient (Wildman–Crippen LogP) is 2.22. The van der Waals surface area contributed by atoms with Gasteiger partial charge < -0.3 is 15.4 Å². The average molecular weight is 282 g/mol. The van der Waals surface area contributed by atoms with Crippen LogP contribution >= 0.6 is 0 Å². The van der Waals surface area contributed by atoms with Gasteiger partial charge in [-0.1, -0.05) is 36.4 Å². The molecule has 4 nitrogen and oxygen atoms in total. The van der Waals surface area contributed by atoms with Crippen LogP contribution in [0.15, 0.2) is 54.6 Å². The van der Waals surface area contributed by atoms with E-state index < -0.39 is 0 Å². The zero-order valence-electron chi connectivity index (χ0n) is 11.7. The third-order valence-electron chi connectivity index (χ3n) is 3.43. The van der Waals surface area contributed by atoms with E-state index >= 15 is 0 Å². The summed E-state index contributed by atoms with van der Waals surface area (Å²) in [4.78, 5) is 11.8. The van der Waals surface area contributed by atoms with Crippen molar-refractivity contribution in [3.8, 4) is 5.75 Å². The summed E-state index contributed by atoms with van der Waals surface area (Å²) in [6.45, 7) is 0.946. The van der Waals surface area contributed by atoms with E-state index in [1.165, 1.54) is 5.56 Å². The fourth-order valence-electron chi connectivity index (χ4n) is 2.44. The molecule has 2 aromatic rings. The van der Waals surface area contributed by atoms with Crippen molar-refractivity contribution in [2.45, 2.75) is 12.5 Å². The minimum atomic E-state index is -0.0447. The number of anilines is 1. The second kappa shape index (κ2) is 6.41. The van der Waals surface area contributed by atoms with E-state index in [9.17, 15) is 4.79 Å². The van der Waals surface area contributed by atoms with Crippen molar-refractivity contribution in [2.75, 3.05) is 18.4 Å². The van der Waals surface area contributed by atoms with Crippen LogP contribution in [-0.2, 0) is 11.2 Å². The van der Waals surface area contributed by atoms with Crippen molar-refractivity contribution in [1.82, 2.24) is 5.32 Å². The zero-order valence-corrected chi connectivity index (χ0v) is 11.7. The van der Waals surface area contributed by atoms with Gasteiger partial charge in [-0.2, -0.15) is 0 Å². The number of rotatable bonds is 5. The number of carbonyl (C=O) groups excluding carboxylic acids is 1. The summed E-state index contributed by atoms with van der Waals surface area (Å²) in [5.41, 5.74) is 2.05. The van der Waals surface area contributed by atoms with Gasteiger partial charge in [-0.15, -0.1) is 0 Å². The van der Waals surface area contributed by atoms with E-state index in [0.717, 1.165) is 17.9 Å². The molecule has 2 aromatic carbocycles. The summed E-state index contributed by atoms with van der Waals surface area (Å²) in [7, 11) is 0. The number of hydrogen-bond donors (Lipinski definition) is 2. The quantitative estimate of drug-likeness (QED) is 0.884. The summed E-state index contributed by atoms with van der Waals surface area (Å²) >= 11 is 0. The van der Waals surface area contributed by atoms with E-state index in [1.807, 2.05) is 48.5 Å². The van der Waals surface area contributed by atoms with Crippen LogP contribution in [0.5, 0.6) is 5.75 Å². The minimum Gasteiger partial charge on any atom is -0.488 e. The first kappa shape index (κ1) is 13.6. The first-order chi connectivity index (χ1) is 10.3. The highest BCUT2D eigenvalue weighted by Crippen LogP contribution is 2.27. The lowest BCUT2D eigenvalue weighted by Gasteiger charge is -2.12. The average Bonchev–Trinajstić information content (AvgIpc) is 2.91. The molecular formula is C17H18N2O2. The molecule has 4 heteroatoms. The molecule has 0 saturated heterocycles. The van der Waals surface area contributed by atoms with Gasteiger partial charge in [0.1, 0.15) is 11.9 Å². The van der Waals surface area contributed by atoms with Crippen molar-refractivity contribution in [3.05, 3.63) is 60.2 Å². The SMILES string of the molecule is O=C(CNCC1Cc2ccccc2O1)Nc1ccccc1. The van der Waals surface area contributed by atoms with Crippen LogP contribution < -0.4 is 15.4 Å². The number of hydrogen-bond acceptors (Lipinski definition) is 3. The lowest BCUT2D eigenvalue weighted by Crippen LogP contribution is -2.35. The third kappa shape index (κ3) is 3.61. The molecule has 0 aliphatic carbocycles. The summed E-state index contributed by atoms with van der Waals surface area (Å²) < 4.78 is 5.81. The Morgan fingerprint density at radius 3 is 2.67 bits per heavy atom. The summed E-state index contributed by atoms with van der Waals surface area (Å²) in [5, 5.41) is 5.99. The van der Waals surface area contributed by atoms with Gasteiger partial charge in [0.25, 0.3) is 0 Å². The maximum absolute atomic E-state index is 11.8. The fraction of sp³-hybridized carbons (Fsp3) is 0.235. The molecule has 0 bridgehead atoms. The van der Waals surface area contributed by atoms with Crippen LogP contribution in [0.25, 0.3) is 0 Å². The lowest BCUT2D eigenvalue weighted by molar-refractivity contribution is -0.115. The lowest BCUT2D eigenvalue weighted by atomic mass is 10.1. The van der Waals surface area contributed by atoms with Gasteiger partial charge in [-0.3, -0.25) is 4.79 Å². The molecule has 0 fully saturated rings. The molecule has 1 atom stereocenters. The number of carbonyl (C=O) groups is 1. The Bertz CT molecular complexity index is 588. The Hall–Kier alpha value is -2.33. The van der Waals surface area contributed by atoms with E-state index in [0.29, 0.717) is 6.54 Å². The fourth-order valence-corrected chi connectivity index (χ4v) is 2.44. The summed E-state index contributed by atoms with van der Waals surface area (Å²) in [6.07, 6.45) is 0.996. The largest absolute Gasteiger partial charge is 0.488 e. The standard InChI is InChI=1S/C17H18N2O2/c20-17(19-14-7-2-1-3-8-14)12-18-11-15-10-13-6-4-5-9-16(13)21-15/h1-9,15,18H,10-12H2,(H,19,20). The maximum atomic E-state index is 11.8. The Balaban J connectivity index is 1.40. The molecule has 1 heterocycles. The number of amides is 1. The second-order valence-corrected chi connectivity index (χ2v) is 5.10. The molecule has 1 unspecified atom stereocenters. The first-order valence-corrected chi connectivity index (χ1v) is 7.11. The van der Waals surface area contributed by atoms with E-state index in [2.05, 4.69) is 16.7 Å². The van der Waals surface area contributed by atoms with Crippen LogP contribution in [0.1, 0.15) is 5.56 Å². The summed E-state index contributed by atoms with van der Waals surface area (Å²) in [6, 6.07) is 17.5. The number of ether oxygens (including phenoxy) is 1. The van der Waals surface area contributed by atoms with E-state index in [1.54, 1.807) is 0 Å². The minimum absolute atomic E-state index is 0.0447. The number of nitrogens with one attached hydrogen (secondary N) is 2. The van der Waals surface area contributed by atoms with Crippen molar-refractivity contribution < 1.29 is 9.53 Å². The van der Waals surface area contributed by atoms with Crippen LogP contribution in [0, 0.1) is 0 Å². The predicted molar refractivity (Wildman–Crippen MR) is 82.5 cm³/mol. The highest BCUT2D eigenvalue weighted by Gasteiger charge is 2.21. The summed E-state index contributed by atoms with van der Waals surface area (Å²) in [5.74, 6) is 0.912. The highest BCUT2D eigenvalue weighted by atomic mass is 16.5. The molecule has 0 saturated carbocycles. The molecule has 108 valence electrons. The van der Waals surface area contributed by atoms with Crippen molar-refractivity contribution >= 4 is 11.6 Å². The van der Waals surface area contributed by atoms with Crippen molar-refractivity contribution in [3.63, 3.8) is 0 Å². The van der Waals surface area contributed by atoms with Crippen LogP contribution in [0.4, 0.5) is 5.69 Å². The van der Waals surface area contributed by atoms with Gasteiger partial charge in [0, 0.05) is 18.7 Å². The Labute approximate surface area is 124 Å². The molecular weight excluding hydrogens is 264 g/mol. The van der Waals surface area contributed by atoms with E-state index in [-0.39, 0.29) is 18.6 Å². The number of fused-ring (bicyclic) bond motifs is 1. The molecule has 21 heavy (non-hydrogen) atoms. The van der Waals surface area contributed by atoms with Gasteiger partial charge in [0.15, 0.2) is 0 Å². The van der Waals surface area contributed by atoms with Crippen molar-refractivity contribution in [2.24, 2.45) is 0 Å². The van der Waals surface area contributed by atoms with Gasteiger partial charge in [0.05, 0.1) is 6.54 Å². The second-order valence-electron chi connectivity index (χ2n) is 5.10. The van der Waals surface area contributed by atoms with Crippen LogP contribution in [-0.4, -0.2) is 25.1 Å². The Kier molecular flexibility index (Phi) is 4.17. The normalized spacial score (nSPS) is 16.1. The van der Waals surface area contributed by atoms with Crippen LogP contribution in [0.2, 0.25) is 0 Å². The number of benzene rings is 2. The van der Waals surface area contributed by atoms with Gasteiger partial charge in [-0.25, -0.2) is 0 Å². The molecule has 0 radical (unpaired) electrons. The van der Waals surface area contributed by atoms with Gasteiger partial charge in [0.2, 0.25) is 5.91 Å². The Morgan fingerprint density at radius 2 is 1.86 bits per heavy atom. The molecule has 0 aromatic heterocycles. The van der Waals surface area contributed by atoms with Gasteiger partial charge >= 0.3 is 0 Å². The molecule has 3 rings (SSSR count). The molecule has 1 amide bonds. The molecule has 1 aliphatic heterocycles. The molecule has 1 aliphatic rings. The maximum Gasteiger partial charge on any atom is 0.238 e. The smallest absolute Gasteiger partial charge is 0.238 e. The van der Waals surface area contributed by atoms with E-state index in [4.69, 9.17) is 4.74 Å². The zero-order chi connectivity index (χ0) is 14.5. The topological polar surface area (TPSA) is 50.4 Å². The molecule has 0 spiro atoms. The highest BCUT2D eigenvalue weighted by molar-refractivity contribution is 5.92. The van der Waals surface area contributed by atoms with Crippen LogP contribution in [0.3, 0.4) is 0 Å². The van der Waals surface area contributed by atoms with Crippen molar-refractivity contribution in [1.29, 1.82) is 0 Å². The third-order valence-corrected chi connectivity index (χ3v) is 3.43. The number of para-hydroxylation sites is 2. The Morgan fingerprint density at radius 1 is 1.10 bits per heavy atom.